The molecule has 0 bridgehead atoms. The number of aliphatic imine (C=N–C) groups is 1. The molecule has 2 aromatic carbocycles. The van der Waals surface area contributed by atoms with Crippen LogP contribution >= 0.6 is 24.0 Å². The number of hydrogen-bond acceptors (Lipinski definition) is 3. The molecule has 5 nitrogen and oxygen atoms in total. The van der Waals surface area contributed by atoms with Gasteiger partial charge in [-0.25, -0.2) is 0 Å². The van der Waals surface area contributed by atoms with Crippen molar-refractivity contribution in [1.29, 1.82) is 0 Å². The zero-order valence-electron chi connectivity index (χ0n) is 18.3. The van der Waals surface area contributed by atoms with Gasteiger partial charge in [-0.15, -0.1) is 24.0 Å². The minimum Gasteiger partial charge on any atom is -0.381 e. The maximum atomic E-state index is 6.05. The van der Waals surface area contributed by atoms with E-state index in [4.69, 9.17) is 9.47 Å². The summed E-state index contributed by atoms with van der Waals surface area (Å²) in [5.41, 5.74) is 4.98. The van der Waals surface area contributed by atoms with E-state index in [2.05, 4.69) is 77.7 Å². The molecular formula is C24H34IN3O2. The van der Waals surface area contributed by atoms with Gasteiger partial charge in [0.25, 0.3) is 0 Å². The van der Waals surface area contributed by atoms with Crippen LogP contribution in [-0.2, 0) is 29.2 Å². The van der Waals surface area contributed by atoms with Gasteiger partial charge in [0.2, 0.25) is 0 Å². The van der Waals surface area contributed by atoms with E-state index in [1.54, 1.807) is 0 Å². The van der Waals surface area contributed by atoms with Crippen LogP contribution in [0.1, 0.15) is 35.1 Å². The zero-order valence-corrected chi connectivity index (χ0v) is 20.6. The number of halogens is 1. The lowest BCUT2D eigenvalue weighted by atomic mass is 10.1. The van der Waals surface area contributed by atoms with Gasteiger partial charge in [-0.2, -0.15) is 0 Å². The van der Waals surface area contributed by atoms with Crippen LogP contribution in [0.5, 0.6) is 0 Å². The summed E-state index contributed by atoms with van der Waals surface area (Å²) in [5.74, 6) is 0.884. The molecule has 1 saturated heterocycles. The second-order valence-electron chi connectivity index (χ2n) is 7.69. The van der Waals surface area contributed by atoms with Gasteiger partial charge in [-0.05, 0) is 36.5 Å². The molecule has 1 N–H and O–H groups in total. The standard InChI is InChI=1S/C24H33N3O2.HI/c1-19-7-9-20(10-8-19)17-27(3)24(25-2)26-16-21-5-4-6-22(15-21)18-29-23-11-13-28-14-12-23;/h4-10,15,23H,11-14,16-18H2,1-3H3,(H,25,26);1H. The Kier molecular flexibility index (Phi) is 10.6. The minimum absolute atomic E-state index is 0. The molecule has 3 rings (SSSR count). The third-order valence-electron chi connectivity index (χ3n) is 5.21. The summed E-state index contributed by atoms with van der Waals surface area (Å²) in [7, 11) is 3.89. The van der Waals surface area contributed by atoms with Crippen molar-refractivity contribution in [1.82, 2.24) is 10.2 Å². The van der Waals surface area contributed by atoms with Crippen molar-refractivity contribution in [3.05, 3.63) is 70.8 Å². The van der Waals surface area contributed by atoms with Crippen LogP contribution in [0.25, 0.3) is 0 Å². The molecule has 1 aliphatic heterocycles. The fraction of sp³-hybridized carbons (Fsp3) is 0.458. The van der Waals surface area contributed by atoms with Crippen LogP contribution in [0.4, 0.5) is 0 Å². The molecule has 0 unspecified atom stereocenters. The molecule has 164 valence electrons. The van der Waals surface area contributed by atoms with E-state index in [1.165, 1.54) is 22.3 Å². The Balaban J connectivity index is 0.00000320. The number of hydrogen-bond donors (Lipinski definition) is 1. The Hall–Kier alpha value is -1.64. The zero-order chi connectivity index (χ0) is 20.5. The number of benzene rings is 2. The summed E-state index contributed by atoms with van der Waals surface area (Å²) < 4.78 is 11.4. The predicted molar refractivity (Wildman–Crippen MR) is 133 cm³/mol. The summed E-state index contributed by atoms with van der Waals surface area (Å²) in [6, 6.07) is 17.2. The summed E-state index contributed by atoms with van der Waals surface area (Å²) >= 11 is 0. The van der Waals surface area contributed by atoms with E-state index < -0.39 is 0 Å². The highest BCUT2D eigenvalue weighted by Crippen LogP contribution is 2.14. The fourth-order valence-electron chi connectivity index (χ4n) is 3.49. The van der Waals surface area contributed by atoms with Gasteiger partial charge in [-0.3, -0.25) is 4.99 Å². The molecule has 6 heteroatoms. The number of ether oxygens (including phenoxy) is 2. The van der Waals surface area contributed by atoms with Gasteiger partial charge >= 0.3 is 0 Å². The fourth-order valence-corrected chi connectivity index (χ4v) is 3.49. The van der Waals surface area contributed by atoms with E-state index in [0.717, 1.165) is 45.1 Å². The Bertz CT molecular complexity index is 789. The number of rotatable bonds is 7. The number of guanidine groups is 1. The Labute approximate surface area is 197 Å². The number of aryl methyl sites for hydroxylation is 1. The lowest BCUT2D eigenvalue weighted by Crippen LogP contribution is -2.38. The SMILES string of the molecule is CN=C(NCc1cccc(COC2CCOCC2)c1)N(C)Cc1ccc(C)cc1.I. The molecule has 1 aliphatic rings. The van der Waals surface area contributed by atoms with Crippen LogP contribution in [0.15, 0.2) is 53.5 Å². The van der Waals surface area contributed by atoms with Gasteiger partial charge in [-0.1, -0.05) is 54.1 Å². The molecule has 2 aromatic rings. The molecule has 0 spiro atoms. The summed E-state index contributed by atoms with van der Waals surface area (Å²) in [6.45, 7) is 5.93. The summed E-state index contributed by atoms with van der Waals surface area (Å²) in [6.07, 6.45) is 2.30. The van der Waals surface area contributed by atoms with E-state index in [9.17, 15) is 0 Å². The normalized spacial score (nSPS) is 14.8. The minimum atomic E-state index is 0. The average molecular weight is 523 g/mol. The first-order valence-corrected chi connectivity index (χ1v) is 10.4. The third kappa shape index (κ3) is 7.89. The molecule has 0 radical (unpaired) electrons. The molecule has 1 fully saturated rings. The monoisotopic (exact) mass is 523 g/mol. The Morgan fingerprint density at radius 2 is 1.80 bits per heavy atom. The highest BCUT2D eigenvalue weighted by Gasteiger charge is 2.14. The first-order chi connectivity index (χ1) is 14.1. The van der Waals surface area contributed by atoms with Crippen LogP contribution in [0.3, 0.4) is 0 Å². The molecular weight excluding hydrogens is 489 g/mol. The van der Waals surface area contributed by atoms with Crippen molar-refractivity contribution in [3.8, 4) is 0 Å². The van der Waals surface area contributed by atoms with Crippen LogP contribution < -0.4 is 5.32 Å². The molecule has 0 atom stereocenters. The highest BCUT2D eigenvalue weighted by atomic mass is 127. The van der Waals surface area contributed by atoms with Crippen molar-refractivity contribution < 1.29 is 9.47 Å². The van der Waals surface area contributed by atoms with Crippen molar-refractivity contribution in [2.24, 2.45) is 4.99 Å². The topological polar surface area (TPSA) is 46.1 Å². The quantitative estimate of drug-likeness (QED) is 0.330. The lowest BCUT2D eigenvalue weighted by Gasteiger charge is -2.23. The average Bonchev–Trinajstić information content (AvgIpc) is 2.75. The van der Waals surface area contributed by atoms with E-state index in [1.807, 2.05) is 7.05 Å². The summed E-state index contributed by atoms with van der Waals surface area (Å²) in [4.78, 5) is 6.57. The van der Waals surface area contributed by atoms with Crippen molar-refractivity contribution in [3.63, 3.8) is 0 Å². The third-order valence-corrected chi connectivity index (χ3v) is 5.21. The molecule has 0 aliphatic carbocycles. The largest absolute Gasteiger partial charge is 0.381 e. The smallest absolute Gasteiger partial charge is 0.193 e. The van der Waals surface area contributed by atoms with E-state index >= 15 is 0 Å². The predicted octanol–water partition coefficient (Wildman–Crippen LogP) is 4.52. The van der Waals surface area contributed by atoms with Crippen LogP contribution in [-0.4, -0.2) is 44.3 Å². The molecule has 0 saturated carbocycles. The van der Waals surface area contributed by atoms with Crippen LogP contribution in [0, 0.1) is 6.92 Å². The first kappa shape index (κ1) is 24.6. The van der Waals surface area contributed by atoms with Crippen LogP contribution in [0.2, 0.25) is 0 Å². The maximum Gasteiger partial charge on any atom is 0.193 e. The van der Waals surface area contributed by atoms with Crippen molar-refractivity contribution >= 4 is 29.9 Å². The molecule has 30 heavy (non-hydrogen) atoms. The van der Waals surface area contributed by atoms with Gasteiger partial charge in [0.05, 0.1) is 12.7 Å². The highest BCUT2D eigenvalue weighted by molar-refractivity contribution is 14.0. The number of nitrogens with zero attached hydrogens (tertiary/aromatic N) is 2. The van der Waals surface area contributed by atoms with E-state index in [-0.39, 0.29) is 24.0 Å². The molecule has 1 heterocycles. The van der Waals surface area contributed by atoms with E-state index in [0.29, 0.717) is 12.7 Å². The molecule has 0 aromatic heterocycles. The Morgan fingerprint density at radius 3 is 2.50 bits per heavy atom. The van der Waals surface area contributed by atoms with Gasteiger partial charge in [0, 0.05) is 40.4 Å². The second-order valence-corrected chi connectivity index (χ2v) is 7.69. The second kappa shape index (κ2) is 12.9. The summed E-state index contributed by atoms with van der Waals surface area (Å²) in [5, 5.41) is 3.47. The molecule has 0 amide bonds. The lowest BCUT2D eigenvalue weighted by molar-refractivity contribution is -0.0390. The first-order valence-electron chi connectivity index (χ1n) is 10.4. The van der Waals surface area contributed by atoms with Gasteiger partial charge in [0.15, 0.2) is 5.96 Å². The number of nitrogens with one attached hydrogen (secondary N) is 1. The maximum absolute atomic E-state index is 6.05. The Morgan fingerprint density at radius 1 is 1.10 bits per heavy atom. The van der Waals surface area contributed by atoms with Crippen molar-refractivity contribution in [2.45, 2.75) is 45.6 Å². The van der Waals surface area contributed by atoms with Crippen molar-refractivity contribution in [2.75, 3.05) is 27.3 Å². The van der Waals surface area contributed by atoms with Gasteiger partial charge < -0.3 is 19.7 Å². The van der Waals surface area contributed by atoms with Gasteiger partial charge in [0.1, 0.15) is 0 Å².